The van der Waals surface area contributed by atoms with Crippen molar-refractivity contribution in [3.63, 3.8) is 0 Å². The zero-order chi connectivity index (χ0) is 20.3. The van der Waals surface area contributed by atoms with Gasteiger partial charge in [0, 0.05) is 30.2 Å². The van der Waals surface area contributed by atoms with Gasteiger partial charge in [0.05, 0.1) is 6.61 Å². The van der Waals surface area contributed by atoms with Crippen LogP contribution in [0.2, 0.25) is 0 Å². The van der Waals surface area contributed by atoms with Crippen molar-refractivity contribution in [2.75, 3.05) is 38.1 Å². The maximum absolute atomic E-state index is 13.8. The van der Waals surface area contributed by atoms with Crippen molar-refractivity contribution in [2.24, 2.45) is 5.92 Å². The normalized spacial score (nSPS) is 26.4. The summed E-state index contributed by atoms with van der Waals surface area (Å²) in [5.41, 5.74) is 2.37. The first-order valence-corrected chi connectivity index (χ1v) is 11.3. The highest BCUT2D eigenvalue weighted by Gasteiger charge is 2.41. The summed E-state index contributed by atoms with van der Waals surface area (Å²) in [6.45, 7) is 6.40. The number of piperidine rings is 1. The van der Waals surface area contributed by atoms with Gasteiger partial charge in [-0.25, -0.2) is 9.18 Å². The van der Waals surface area contributed by atoms with Gasteiger partial charge in [-0.3, -0.25) is 0 Å². The Morgan fingerprint density at radius 1 is 1.31 bits per heavy atom. The number of carbonyl (C=O) groups is 1. The zero-order valence-electron chi connectivity index (χ0n) is 17.5. The van der Waals surface area contributed by atoms with E-state index in [-0.39, 0.29) is 23.4 Å². The average Bonchev–Trinajstić information content (AvgIpc) is 2.88. The molecule has 2 unspecified atom stereocenters. The van der Waals surface area contributed by atoms with Crippen molar-refractivity contribution in [2.45, 2.75) is 63.3 Å². The number of hydrogen-bond donors (Lipinski definition) is 2. The topological polar surface area (TPSA) is 53.6 Å². The Morgan fingerprint density at radius 2 is 2.10 bits per heavy atom. The van der Waals surface area contributed by atoms with E-state index in [0.717, 1.165) is 57.5 Å². The number of nitrogens with zero attached hydrogens (tertiary/aromatic N) is 1. The van der Waals surface area contributed by atoms with Gasteiger partial charge >= 0.3 is 6.09 Å². The Hall–Kier alpha value is -1.82. The summed E-state index contributed by atoms with van der Waals surface area (Å²) in [7, 11) is 0. The van der Waals surface area contributed by atoms with Gasteiger partial charge in [-0.15, -0.1) is 0 Å². The lowest BCUT2D eigenvalue weighted by atomic mass is 9.74. The molecule has 1 amide bonds. The van der Waals surface area contributed by atoms with Crippen molar-refractivity contribution < 1.29 is 13.9 Å². The van der Waals surface area contributed by atoms with Crippen LogP contribution in [0.3, 0.4) is 0 Å². The first-order valence-electron chi connectivity index (χ1n) is 11.3. The van der Waals surface area contributed by atoms with Gasteiger partial charge in [-0.2, -0.15) is 0 Å². The molecule has 29 heavy (non-hydrogen) atoms. The number of ether oxygens (including phenoxy) is 1. The quantitative estimate of drug-likeness (QED) is 0.737. The molecule has 2 aliphatic heterocycles. The number of amides is 1. The molecule has 2 N–H and O–H groups in total. The van der Waals surface area contributed by atoms with Crippen LogP contribution in [-0.4, -0.2) is 49.8 Å². The first-order chi connectivity index (χ1) is 14.1. The van der Waals surface area contributed by atoms with Crippen LogP contribution in [0.25, 0.3) is 0 Å². The molecule has 5 nitrogen and oxygen atoms in total. The molecule has 4 rings (SSSR count). The van der Waals surface area contributed by atoms with E-state index in [4.69, 9.17) is 4.74 Å². The number of likely N-dealkylation sites (tertiary alicyclic amines) is 1. The lowest BCUT2D eigenvalue weighted by molar-refractivity contribution is 0.133. The van der Waals surface area contributed by atoms with E-state index in [9.17, 15) is 9.18 Å². The third-order valence-electron chi connectivity index (χ3n) is 7.13. The van der Waals surface area contributed by atoms with E-state index in [1.54, 1.807) is 12.1 Å². The smallest absolute Gasteiger partial charge is 0.407 e. The van der Waals surface area contributed by atoms with Crippen LogP contribution in [0.4, 0.5) is 14.9 Å². The molecule has 1 saturated carbocycles. The fourth-order valence-corrected chi connectivity index (χ4v) is 5.54. The maximum atomic E-state index is 13.8. The van der Waals surface area contributed by atoms with Gasteiger partial charge in [0.2, 0.25) is 0 Å². The monoisotopic (exact) mass is 403 g/mol. The minimum atomic E-state index is -0.280. The largest absolute Gasteiger partial charge is 0.450 e. The maximum Gasteiger partial charge on any atom is 0.407 e. The van der Waals surface area contributed by atoms with Crippen LogP contribution < -0.4 is 10.6 Å². The van der Waals surface area contributed by atoms with Crippen molar-refractivity contribution in [1.29, 1.82) is 0 Å². The van der Waals surface area contributed by atoms with Gasteiger partial charge in [0.1, 0.15) is 5.82 Å². The van der Waals surface area contributed by atoms with E-state index in [1.807, 2.05) is 13.0 Å². The molecule has 0 radical (unpaired) electrons. The van der Waals surface area contributed by atoms with Gasteiger partial charge in [0.25, 0.3) is 0 Å². The van der Waals surface area contributed by atoms with Crippen molar-refractivity contribution in [1.82, 2.24) is 10.2 Å². The summed E-state index contributed by atoms with van der Waals surface area (Å²) < 4.78 is 18.9. The Bertz CT molecular complexity index is 718. The second kappa shape index (κ2) is 8.90. The fraction of sp³-hybridized carbons (Fsp3) is 0.696. The number of alkyl carbamates (subject to hydrolysis) is 1. The molecule has 1 aliphatic carbocycles. The molecule has 1 aromatic carbocycles. The van der Waals surface area contributed by atoms with Crippen LogP contribution in [0, 0.1) is 11.7 Å². The van der Waals surface area contributed by atoms with E-state index < -0.39 is 0 Å². The Balaban J connectivity index is 1.32. The number of hydrogen-bond acceptors (Lipinski definition) is 4. The van der Waals surface area contributed by atoms with Crippen LogP contribution in [0.15, 0.2) is 18.2 Å². The second-order valence-electron chi connectivity index (χ2n) is 9.07. The fourth-order valence-electron chi connectivity index (χ4n) is 5.54. The predicted molar refractivity (Wildman–Crippen MR) is 113 cm³/mol. The minimum absolute atomic E-state index is 0.0887. The highest BCUT2D eigenvalue weighted by Crippen LogP contribution is 2.44. The number of halogens is 1. The van der Waals surface area contributed by atoms with E-state index in [2.05, 4.69) is 15.5 Å². The predicted octanol–water partition coefficient (Wildman–Crippen LogP) is 4.28. The third kappa shape index (κ3) is 4.68. The van der Waals surface area contributed by atoms with Crippen LogP contribution >= 0.6 is 0 Å². The lowest BCUT2D eigenvalue weighted by Crippen LogP contribution is -2.46. The summed E-state index contributed by atoms with van der Waals surface area (Å²) >= 11 is 0. The molecule has 160 valence electrons. The number of fused-ring (bicyclic) bond motifs is 2. The first kappa shape index (κ1) is 20.5. The lowest BCUT2D eigenvalue weighted by Gasteiger charge is -2.40. The highest BCUT2D eigenvalue weighted by molar-refractivity contribution is 5.67. The van der Waals surface area contributed by atoms with Gasteiger partial charge in [0.15, 0.2) is 0 Å². The molecule has 1 saturated heterocycles. The zero-order valence-corrected chi connectivity index (χ0v) is 17.5. The van der Waals surface area contributed by atoms with Gasteiger partial charge in [-0.05, 0) is 81.8 Å². The van der Waals surface area contributed by atoms with E-state index >= 15 is 0 Å². The number of carbonyl (C=O) groups excluding carboxylic acids is 1. The Kier molecular flexibility index (Phi) is 6.28. The standard InChI is InChI=1S/C23H34FN3O2/c1-2-29-22(28)26-19-6-4-3-5-17(13-19)15-27-11-9-23(10-12-27)16-25-21-8-7-18(24)14-20(21)23/h7-8,14,17,19,25H,2-6,9-13,15-16H2,1H3,(H,26,28). The van der Waals surface area contributed by atoms with Gasteiger partial charge < -0.3 is 20.3 Å². The highest BCUT2D eigenvalue weighted by atomic mass is 19.1. The minimum Gasteiger partial charge on any atom is -0.450 e. The number of anilines is 1. The third-order valence-corrected chi connectivity index (χ3v) is 7.13. The number of benzene rings is 1. The summed E-state index contributed by atoms with van der Waals surface area (Å²) in [6.07, 6.45) is 7.60. The molecular formula is C23H34FN3O2. The van der Waals surface area contributed by atoms with Crippen molar-refractivity contribution >= 4 is 11.8 Å². The summed E-state index contributed by atoms with van der Waals surface area (Å²) in [5.74, 6) is 0.484. The SMILES string of the molecule is CCOC(=O)NC1CCCCC(CN2CCC3(CC2)CNc2ccc(F)cc23)C1. The molecule has 0 bridgehead atoms. The van der Waals surface area contributed by atoms with Crippen LogP contribution in [0.5, 0.6) is 0 Å². The number of nitrogens with one attached hydrogen (secondary N) is 2. The van der Waals surface area contributed by atoms with E-state index in [0.29, 0.717) is 12.5 Å². The van der Waals surface area contributed by atoms with Crippen molar-refractivity contribution in [3.05, 3.63) is 29.6 Å². The average molecular weight is 404 g/mol. The molecule has 2 atom stereocenters. The summed E-state index contributed by atoms with van der Waals surface area (Å²) in [4.78, 5) is 14.4. The Labute approximate surface area is 173 Å². The number of rotatable bonds is 4. The molecule has 2 fully saturated rings. The van der Waals surface area contributed by atoms with E-state index in [1.165, 1.54) is 24.8 Å². The summed E-state index contributed by atoms with van der Waals surface area (Å²) in [5, 5.41) is 6.55. The van der Waals surface area contributed by atoms with Gasteiger partial charge in [-0.1, -0.05) is 12.8 Å². The molecule has 1 spiro atoms. The molecule has 2 heterocycles. The molecule has 6 heteroatoms. The molecule has 3 aliphatic rings. The molecular weight excluding hydrogens is 369 g/mol. The second-order valence-corrected chi connectivity index (χ2v) is 9.07. The molecule has 0 aromatic heterocycles. The van der Waals surface area contributed by atoms with Crippen LogP contribution in [0.1, 0.15) is 57.4 Å². The molecule has 1 aromatic rings. The van der Waals surface area contributed by atoms with Crippen molar-refractivity contribution in [3.8, 4) is 0 Å². The Morgan fingerprint density at radius 3 is 2.90 bits per heavy atom. The van der Waals surface area contributed by atoms with Crippen LogP contribution in [-0.2, 0) is 10.2 Å². The summed E-state index contributed by atoms with van der Waals surface area (Å²) in [6, 6.07) is 5.40.